The number of rotatable bonds is 5. The van der Waals surface area contributed by atoms with Crippen molar-refractivity contribution < 1.29 is 14.3 Å². The lowest BCUT2D eigenvalue weighted by molar-refractivity contribution is 0.0531. The molecule has 0 amide bonds. The fraction of sp³-hybridized carbons (Fsp3) is 0.143. The van der Waals surface area contributed by atoms with Gasteiger partial charge >= 0.3 is 5.97 Å². The van der Waals surface area contributed by atoms with E-state index in [1.54, 1.807) is 30.8 Å². The van der Waals surface area contributed by atoms with Crippen LogP contribution in [-0.2, 0) is 4.74 Å². The van der Waals surface area contributed by atoms with Gasteiger partial charge in [0.15, 0.2) is 0 Å². The second-order valence-corrected chi connectivity index (χ2v) is 7.99. The van der Waals surface area contributed by atoms with Crippen LogP contribution in [0.1, 0.15) is 32.5 Å². The molecule has 0 unspecified atom stereocenters. The van der Waals surface area contributed by atoms with Crippen LogP contribution in [0.25, 0.3) is 16.4 Å². The van der Waals surface area contributed by atoms with Crippen LogP contribution in [0, 0.1) is 0 Å². The SMILES string of the molecule is CCOC(=O)c1c2c(C(=O)c3ccccc3)sc(SC)c2n2ccccc12. The highest BCUT2D eigenvalue weighted by atomic mass is 32.2. The Morgan fingerprint density at radius 3 is 2.56 bits per heavy atom. The molecule has 0 saturated carbocycles. The molecule has 0 aliphatic heterocycles. The van der Waals surface area contributed by atoms with Gasteiger partial charge in [-0.2, -0.15) is 0 Å². The summed E-state index contributed by atoms with van der Waals surface area (Å²) in [6, 6.07) is 14.9. The Morgan fingerprint density at radius 2 is 1.85 bits per heavy atom. The largest absolute Gasteiger partial charge is 0.462 e. The van der Waals surface area contributed by atoms with Gasteiger partial charge in [-0.25, -0.2) is 4.79 Å². The summed E-state index contributed by atoms with van der Waals surface area (Å²) < 4.78 is 8.30. The van der Waals surface area contributed by atoms with Crippen LogP contribution < -0.4 is 0 Å². The molecule has 4 nitrogen and oxygen atoms in total. The number of thiophene rings is 1. The number of carbonyl (C=O) groups excluding carboxylic acids is 2. The topological polar surface area (TPSA) is 47.8 Å². The number of thioether (sulfide) groups is 1. The summed E-state index contributed by atoms with van der Waals surface area (Å²) in [6.45, 7) is 2.07. The van der Waals surface area contributed by atoms with Crippen molar-refractivity contribution >= 4 is 51.3 Å². The van der Waals surface area contributed by atoms with E-state index in [0.717, 1.165) is 15.2 Å². The molecule has 0 aliphatic carbocycles. The summed E-state index contributed by atoms with van der Waals surface area (Å²) in [7, 11) is 0. The van der Waals surface area contributed by atoms with Gasteiger partial charge in [-0.1, -0.05) is 36.4 Å². The molecule has 1 aromatic carbocycles. The quantitative estimate of drug-likeness (QED) is 0.262. The van der Waals surface area contributed by atoms with Gasteiger partial charge in [0.2, 0.25) is 5.78 Å². The molecule has 4 aromatic rings. The minimum absolute atomic E-state index is 0.0765. The Bertz CT molecular complexity index is 1160. The summed E-state index contributed by atoms with van der Waals surface area (Å²) in [5, 5.41) is 0.683. The average Bonchev–Trinajstić information content (AvgIpc) is 3.23. The number of fused-ring (bicyclic) bond motifs is 3. The Kier molecular flexibility index (Phi) is 4.76. The highest BCUT2D eigenvalue weighted by Crippen LogP contribution is 2.43. The summed E-state index contributed by atoms with van der Waals surface area (Å²) in [6.07, 6.45) is 3.90. The van der Waals surface area contributed by atoms with Crippen LogP contribution in [0.3, 0.4) is 0 Å². The zero-order chi connectivity index (χ0) is 19.0. The third kappa shape index (κ3) is 2.85. The van der Waals surface area contributed by atoms with E-state index in [4.69, 9.17) is 4.74 Å². The number of ether oxygens (including phenoxy) is 1. The number of esters is 1. The lowest BCUT2D eigenvalue weighted by Gasteiger charge is -2.03. The molecule has 0 atom stereocenters. The summed E-state index contributed by atoms with van der Waals surface area (Å²) >= 11 is 3.01. The highest BCUT2D eigenvalue weighted by Gasteiger charge is 2.29. The Hall–Kier alpha value is -2.57. The minimum atomic E-state index is -0.399. The van der Waals surface area contributed by atoms with Crippen molar-refractivity contribution in [1.29, 1.82) is 0 Å². The van der Waals surface area contributed by atoms with Crippen molar-refractivity contribution in [3.05, 3.63) is 70.7 Å². The molecule has 0 fully saturated rings. The highest BCUT2D eigenvalue weighted by molar-refractivity contribution is 8.00. The van der Waals surface area contributed by atoms with Crippen LogP contribution in [0.15, 0.2) is 58.9 Å². The molecule has 6 heteroatoms. The zero-order valence-electron chi connectivity index (χ0n) is 14.9. The number of hydrogen-bond donors (Lipinski definition) is 0. The first kappa shape index (κ1) is 17.8. The molecule has 27 heavy (non-hydrogen) atoms. The first-order valence-corrected chi connectivity index (χ1v) is 10.6. The van der Waals surface area contributed by atoms with Gasteiger partial charge in [-0.15, -0.1) is 23.1 Å². The van der Waals surface area contributed by atoms with E-state index in [9.17, 15) is 9.59 Å². The van der Waals surface area contributed by atoms with Gasteiger partial charge in [-0.3, -0.25) is 4.79 Å². The van der Waals surface area contributed by atoms with Crippen molar-refractivity contribution in [2.45, 2.75) is 11.1 Å². The third-order valence-corrected chi connectivity index (χ3v) is 6.65. The van der Waals surface area contributed by atoms with E-state index in [0.29, 0.717) is 21.4 Å². The van der Waals surface area contributed by atoms with E-state index < -0.39 is 5.97 Å². The zero-order valence-corrected chi connectivity index (χ0v) is 16.5. The summed E-state index contributed by atoms with van der Waals surface area (Å²) in [5.41, 5.74) is 2.72. The molecule has 0 aliphatic rings. The molecule has 4 rings (SSSR count). The molecule has 0 spiro atoms. The van der Waals surface area contributed by atoms with Gasteiger partial charge in [0.1, 0.15) is 0 Å². The minimum Gasteiger partial charge on any atom is -0.462 e. The number of carbonyl (C=O) groups is 2. The molecule has 3 aromatic heterocycles. The normalized spacial score (nSPS) is 11.2. The van der Waals surface area contributed by atoms with Crippen LogP contribution in [0.4, 0.5) is 0 Å². The number of nitrogens with zero attached hydrogens (tertiary/aromatic N) is 1. The second-order valence-electron chi connectivity index (χ2n) is 5.89. The van der Waals surface area contributed by atoms with Crippen molar-refractivity contribution in [2.24, 2.45) is 0 Å². The van der Waals surface area contributed by atoms with Crippen LogP contribution >= 0.6 is 23.1 Å². The standard InChI is InChI=1S/C21H17NO3S2/c1-3-25-20(24)15-14-11-7-8-12-22(14)17-16(15)19(27-21(17)26-2)18(23)13-9-5-4-6-10-13/h4-12H,3H2,1-2H3. The van der Waals surface area contributed by atoms with Crippen LogP contribution in [-0.4, -0.2) is 29.0 Å². The fourth-order valence-corrected chi connectivity index (χ4v) is 5.22. The molecule has 0 radical (unpaired) electrons. The average molecular weight is 396 g/mol. The van der Waals surface area contributed by atoms with Crippen molar-refractivity contribution in [1.82, 2.24) is 4.40 Å². The third-order valence-electron chi connectivity index (χ3n) is 4.37. The molecule has 136 valence electrons. The van der Waals surface area contributed by atoms with Crippen LogP contribution in [0.2, 0.25) is 0 Å². The van der Waals surface area contributed by atoms with Gasteiger partial charge in [-0.05, 0) is 25.3 Å². The number of pyridine rings is 1. The van der Waals surface area contributed by atoms with Gasteiger partial charge in [0, 0.05) is 17.1 Å². The number of benzene rings is 1. The Balaban J connectivity index is 2.09. The van der Waals surface area contributed by atoms with Crippen molar-refractivity contribution in [3.63, 3.8) is 0 Å². The molecule has 0 saturated heterocycles. The maximum atomic E-state index is 13.2. The van der Waals surface area contributed by atoms with Crippen molar-refractivity contribution in [3.8, 4) is 0 Å². The summed E-state index contributed by atoms with van der Waals surface area (Å²) in [4.78, 5) is 26.6. The van der Waals surface area contributed by atoms with Gasteiger partial charge in [0.25, 0.3) is 0 Å². The van der Waals surface area contributed by atoms with Crippen LogP contribution in [0.5, 0.6) is 0 Å². The van der Waals surface area contributed by atoms with Gasteiger partial charge < -0.3 is 9.14 Å². The molecule has 3 heterocycles. The lowest BCUT2D eigenvalue weighted by Crippen LogP contribution is -2.06. The number of hydrogen-bond acceptors (Lipinski definition) is 5. The monoisotopic (exact) mass is 395 g/mol. The predicted molar refractivity (Wildman–Crippen MR) is 110 cm³/mol. The van der Waals surface area contributed by atoms with E-state index in [1.165, 1.54) is 11.3 Å². The molecular weight excluding hydrogens is 378 g/mol. The van der Waals surface area contributed by atoms with Gasteiger partial charge in [0.05, 0.1) is 32.3 Å². The fourth-order valence-electron chi connectivity index (χ4n) is 3.25. The van der Waals surface area contributed by atoms with Crippen molar-refractivity contribution in [2.75, 3.05) is 12.9 Å². The Morgan fingerprint density at radius 1 is 1.11 bits per heavy atom. The number of aromatic nitrogens is 1. The summed E-state index contributed by atoms with van der Waals surface area (Å²) in [5.74, 6) is -0.476. The first-order valence-electron chi connectivity index (χ1n) is 8.53. The first-order chi connectivity index (χ1) is 13.2. The lowest BCUT2D eigenvalue weighted by atomic mass is 10.1. The van der Waals surface area contributed by atoms with E-state index in [1.807, 2.05) is 53.3 Å². The predicted octanol–water partition coefficient (Wildman–Crippen LogP) is 5.28. The van der Waals surface area contributed by atoms with E-state index in [-0.39, 0.29) is 12.4 Å². The Labute approximate surface area is 164 Å². The molecular formula is C21H17NO3S2. The molecule has 0 N–H and O–H groups in total. The smallest absolute Gasteiger partial charge is 0.341 e. The maximum absolute atomic E-state index is 13.2. The molecule has 0 bridgehead atoms. The second kappa shape index (κ2) is 7.21. The maximum Gasteiger partial charge on any atom is 0.341 e. The number of ketones is 1. The van der Waals surface area contributed by atoms with E-state index in [2.05, 4.69) is 0 Å². The van der Waals surface area contributed by atoms with E-state index >= 15 is 0 Å².